The second kappa shape index (κ2) is 5.41. The fourth-order valence-corrected chi connectivity index (χ4v) is 2.50. The number of aliphatic hydroxyl groups is 1. The lowest BCUT2D eigenvalue weighted by Gasteiger charge is -2.32. The molecule has 0 amide bonds. The standard InChI is InChI=1S/C17H22BNO4/c1-16(2)17(3,4)23-18(22-16)13-7-5-6-11(8-13)12-9-14(19)15(20)21-10-12/h5-10,15,20H,19H2,1-4H3. The molecule has 1 fully saturated rings. The fourth-order valence-electron chi connectivity index (χ4n) is 2.50. The summed E-state index contributed by atoms with van der Waals surface area (Å²) < 4.78 is 17.3. The van der Waals surface area contributed by atoms with Crippen LogP contribution >= 0.6 is 0 Å². The van der Waals surface area contributed by atoms with Gasteiger partial charge in [-0.05, 0) is 44.8 Å². The predicted molar refractivity (Wildman–Crippen MR) is 89.5 cm³/mol. The molecule has 23 heavy (non-hydrogen) atoms. The van der Waals surface area contributed by atoms with Crippen LogP contribution < -0.4 is 11.2 Å². The summed E-state index contributed by atoms with van der Waals surface area (Å²) in [6.07, 6.45) is 2.13. The fraction of sp³-hybridized carbons (Fsp3) is 0.412. The lowest BCUT2D eigenvalue weighted by atomic mass is 9.78. The molecule has 0 saturated carbocycles. The van der Waals surface area contributed by atoms with Crippen molar-refractivity contribution in [2.45, 2.75) is 45.2 Å². The minimum absolute atomic E-state index is 0.281. The molecule has 0 spiro atoms. The minimum atomic E-state index is -1.08. The summed E-state index contributed by atoms with van der Waals surface area (Å²) >= 11 is 0. The smallest absolute Gasteiger partial charge is 0.466 e. The quantitative estimate of drug-likeness (QED) is 0.810. The zero-order chi connectivity index (χ0) is 16.8. The molecule has 3 rings (SSSR count). The number of ether oxygens (including phenoxy) is 1. The topological polar surface area (TPSA) is 73.9 Å². The third-order valence-electron chi connectivity index (χ3n) is 4.68. The number of hydrogen-bond donors (Lipinski definition) is 2. The Kier molecular flexibility index (Phi) is 3.79. The maximum absolute atomic E-state index is 9.48. The van der Waals surface area contributed by atoms with E-state index in [1.165, 1.54) is 6.26 Å². The Morgan fingerprint density at radius 3 is 2.39 bits per heavy atom. The number of allylic oxidation sites excluding steroid dienone is 2. The molecule has 0 radical (unpaired) electrons. The molecule has 1 atom stereocenters. The van der Waals surface area contributed by atoms with Crippen LogP contribution in [0.2, 0.25) is 0 Å². The van der Waals surface area contributed by atoms with Crippen LogP contribution in [0.3, 0.4) is 0 Å². The molecule has 6 heteroatoms. The van der Waals surface area contributed by atoms with Gasteiger partial charge in [0.25, 0.3) is 0 Å². The van der Waals surface area contributed by atoms with Crippen LogP contribution in [0.15, 0.2) is 42.3 Å². The molecule has 0 aromatic heterocycles. The highest BCUT2D eigenvalue weighted by Crippen LogP contribution is 2.36. The summed E-state index contributed by atoms with van der Waals surface area (Å²) in [7, 11) is -0.419. The summed E-state index contributed by atoms with van der Waals surface area (Å²) in [5.74, 6) is 0. The highest BCUT2D eigenvalue weighted by molar-refractivity contribution is 6.62. The van der Waals surface area contributed by atoms with Crippen molar-refractivity contribution in [1.29, 1.82) is 0 Å². The van der Waals surface area contributed by atoms with E-state index in [2.05, 4.69) is 0 Å². The molecule has 3 N–H and O–H groups in total. The average molecular weight is 315 g/mol. The predicted octanol–water partition coefficient (Wildman–Crippen LogP) is 1.52. The zero-order valence-electron chi connectivity index (χ0n) is 13.9. The van der Waals surface area contributed by atoms with E-state index < -0.39 is 13.4 Å². The Bertz CT molecular complexity index is 665. The number of hydrogen-bond acceptors (Lipinski definition) is 5. The van der Waals surface area contributed by atoms with E-state index in [0.717, 1.165) is 16.6 Å². The van der Waals surface area contributed by atoms with Gasteiger partial charge >= 0.3 is 7.12 Å². The van der Waals surface area contributed by atoms with Crippen LogP contribution in [0.25, 0.3) is 5.57 Å². The Balaban J connectivity index is 1.88. The molecule has 2 aliphatic rings. The average Bonchev–Trinajstić information content (AvgIpc) is 2.71. The van der Waals surface area contributed by atoms with Gasteiger partial charge < -0.3 is 24.9 Å². The Labute approximate surface area is 136 Å². The van der Waals surface area contributed by atoms with Gasteiger partial charge in [-0.1, -0.05) is 24.3 Å². The van der Waals surface area contributed by atoms with E-state index in [9.17, 15) is 5.11 Å². The number of benzene rings is 1. The zero-order valence-corrected chi connectivity index (χ0v) is 13.9. The molecule has 0 bridgehead atoms. The molecule has 2 aliphatic heterocycles. The molecule has 122 valence electrons. The summed E-state index contributed by atoms with van der Waals surface area (Å²) in [6, 6.07) is 7.84. The van der Waals surface area contributed by atoms with E-state index in [1.807, 2.05) is 52.0 Å². The first-order valence-corrected chi connectivity index (χ1v) is 7.66. The number of nitrogens with two attached hydrogens (primary N) is 1. The lowest BCUT2D eigenvalue weighted by Crippen LogP contribution is -2.41. The summed E-state index contributed by atoms with van der Waals surface area (Å²) in [6.45, 7) is 8.11. The van der Waals surface area contributed by atoms with Gasteiger partial charge in [-0.2, -0.15) is 0 Å². The first-order valence-electron chi connectivity index (χ1n) is 7.66. The van der Waals surface area contributed by atoms with Crippen LogP contribution in [0, 0.1) is 0 Å². The molecule has 1 unspecified atom stereocenters. The van der Waals surface area contributed by atoms with Crippen molar-refractivity contribution in [3.05, 3.63) is 47.9 Å². The summed E-state index contributed by atoms with van der Waals surface area (Å²) in [4.78, 5) is 0. The third kappa shape index (κ3) is 2.90. The van der Waals surface area contributed by atoms with Crippen molar-refractivity contribution >= 4 is 18.2 Å². The largest absolute Gasteiger partial charge is 0.494 e. The van der Waals surface area contributed by atoms with Gasteiger partial charge in [-0.3, -0.25) is 0 Å². The van der Waals surface area contributed by atoms with Gasteiger partial charge in [0.15, 0.2) is 0 Å². The molecule has 1 aromatic carbocycles. The SMILES string of the molecule is CC1(C)OB(c2cccc(C3=COC(O)C(N)=C3)c2)OC1(C)C. The van der Waals surface area contributed by atoms with Crippen molar-refractivity contribution in [1.82, 2.24) is 0 Å². The molecule has 1 saturated heterocycles. The van der Waals surface area contributed by atoms with E-state index in [0.29, 0.717) is 0 Å². The van der Waals surface area contributed by atoms with E-state index >= 15 is 0 Å². The third-order valence-corrected chi connectivity index (χ3v) is 4.68. The highest BCUT2D eigenvalue weighted by atomic mass is 16.7. The molecular weight excluding hydrogens is 293 g/mol. The van der Waals surface area contributed by atoms with E-state index in [1.54, 1.807) is 6.08 Å². The van der Waals surface area contributed by atoms with Gasteiger partial charge in [0.2, 0.25) is 6.29 Å². The van der Waals surface area contributed by atoms with Gasteiger partial charge in [0, 0.05) is 5.57 Å². The normalized spacial score (nSPS) is 25.6. The molecule has 1 aromatic rings. The monoisotopic (exact) mass is 315 g/mol. The van der Waals surface area contributed by atoms with Crippen LogP contribution in [-0.2, 0) is 14.0 Å². The highest BCUT2D eigenvalue weighted by Gasteiger charge is 2.51. The minimum Gasteiger partial charge on any atom is -0.466 e. The second-order valence-corrected chi connectivity index (χ2v) is 6.92. The van der Waals surface area contributed by atoms with E-state index in [-0.39, 0.29) is 16.9 Å². The number of rotatable bonds is 2. The molecule has 5 nitrogen and oxygen atoms in total. The molecule has 0 aliphatic carbocycles. The summed E-state index contributed by atoms with van der Waals surface area (Å²) in [5.41, 5.74) is 7.91. The molecular formula is C17H22BNO4. The van der Waals surface area contributed by atoms with Crippen molar-refractivity contribution < 1.29 is 19.2 Å². The van der Waals surface area contributed by atoms with Crippen molar-refractivity contribution in [2.24, 2.45) is 5.73 Å². The van der Waals surface area contributed by atoms with E-state index in [4.69, 9.17) is 19.8 Å². The van der Waals surface area contributed by atoms with Crippen molar-refractivity contribution in [3.63, 3.8) is 0 Å². The number of aliphatic hydroxyl groups excluding tert-OH is 1. The van der Waals surface area contributed by atoms with Gasteiger partial charge in [-0.25, -0.2) is 0 Å². The summed E-state index contributed by atoms with van der Waals surface area (Å²) in [5, 5.41) is 9.48. The van der Waals surface area contributed by atoms with Gasteiger partial charge in [0.05, 0.1) is 23.2 Å². The van der Waals surface area contributed by atoms with Gasteiger partial charge in [-0.15, -0.1) is 0 Å². The van der Waals surface area contributed by atoms with Crippen LogP contribution in [0.1, 0.15) is 33.3 Å². The maximum Gasteiger partial charge on any atom is 0.494 e. The van der Waals surface area contributed by atoms with Gasteiger partial charge in [0.1, 0.15) is 0 Å². The van der Waals surface area contributed by atoms with Crippen LogP contribution in [0.5, 0.6) is 0 Å². The maximum atomic E-state index is 9.48. The Morgan fingerprint density at radius 1 is 1.13 bits per heavy atom. The first-order chi connectivity index (χ1) is 10.7. The first kappa shape index (κ1) is 16.1. The van der Waals surface area contributed by atoms with Crippen LogP contribution in [0.4, 0.5) is 0 Å². The van der Waals surface area contributed by atoms with Crippen LogP contribution in [-0.4, -0.2) is 29.7 Å². The molecule has 2 heterocycles. The lowest BCUT2D eigenvalue weighted by molar-refractivity contribution is -0.0231. The second-order valence-electron chi connectivity index (χ2n) is 6.92. The Hall–Kier alpha value is -1.76. The van der Waals surface area contributed by atoms with Crippen molar-refractivity contribution in [2.75, 3.05) is 0 Å². The van der Waals surface area contributed by atoms with Crippen molar-refractivity contribution in [3.8, 4) is 0 Å². The Morgan fingerprint density at radius 2 is 1.78 bits per heavy atom.